The Hall–Kier alpha value is -3.22. The Kier molecular flexibility index (Phi) is 6.02. The van der Waals surface area contributed by atoms with Crippen LogP contribution < -0.4 is 15.4 Å². The number of nitrogens with one attached hydrogen (secondary N) is 2. The molecular formula is C24H28N2O5. The van der Waals surface area contributed by atoms with Crippen LogP contribution in [0.3, 0.4) is 0 Å². The van der Waals surface area contributed by atoms with Gasteiger partial charge in [0, 0.05) is 23.7 Å². The molecule has 0 spiro atoms. The highest BCUT2D eigenvalue weighted by molar-refractivity contribution is 5.94. The molecule has 0 saturated heterocycles. The van der Waals surface area contributed by atoms with Gasteiger partial charge in [0.2, 0.25) is 0 Å². The minimum atomic E-state index is -0.487. The number of alkyl carbamates (subject to hydrolysis) is 1. The van der Waals surface area contributed by atoms with E-state index in [1.54, 1.807) is 6.07 Å². The maximum atomic E-state index is 12.7. The first-order valence-electron chi connectivity index (χ1n) is 10.6. The number of carbonyl (C=O) groups excluding carboxylic acids is 2. The number of hydrogen-bond acceptors (Lipinski definition) is 6. The molecule has 1 aliphatic carbocycles. The van der Waals surface area contributed by atoms with Crippen LogP contribution in [0, 0.1) is 11.8 Å². The van der Waals surface area contributed by atoms with Gasteiger partial charge in [-0.1, -0.05) is 37.3 Å². The predicted molar refractivity (Wildman–Crippen MR) is 116 cm³/mol. The van der Waals surface area contributed by atoms with Gasteiger partial charge in [0.15, 0.2) is 0 Å². The SMILES string of the molecule is COC(=O)c1cc2c(cc1OC)N[C@@H](C1CC1)[C@H](C)[C@H]2NC(=O)OCc1ccccc1. The van der Waals surface area contributed by atoms with Crippen molar-refractivity contribution in [3.05, 3.63) is 59.2 Å². The molecule has 0 unspecified atom stereocenters. The van der Waals surface area contributed by atoms with E-state index in [0.717, 1.165) is 16.8 Å². The van der Waals surface area contributed by atoms with Crippen molar-refractivity contribution in [2.45, 2.75) is 38.5 Å². The van der Waals surface area contributed by atoms with Crippen molar-refractivity contribution < 1.29 is 23.8 Å². The number of ether oxygens (including phenoxy) is 3. The van der Waals surface area contributed by atoms with E-state index in [2.05, 4.69) is 17.6 Å². The van der Waals surface area contributed by atoms with Crippen molar-refractivity contribution in [3.63, 3.8) is 0 Å². The molecule has 0 aromatic heterocycles. The molecule has 1 fully saturated rings. The third-order valence-corrected chi connectivity index (χ3v) is 6.14. The molecule has 2 aliphatic rings. The van der Waals surface area contributed by atoms with Crippen LogP contribution >= 0.6 is 0 Å². The lowest BCUT2D eigenvalue weighted by Crippen LogP contribution is -2.45. The molecule has 1 heterocycles. The summed E-state index contributed by atoms with van der Waals surface area (Å²) in [7, 11) is 2.86. The molecule has 31 heavy (non-hydrogen) atoms. The van der Waals surface area contributed by atoms with E-state index in [1.165, 1.54) is 27.1 Å². The number of methoxy groups -OCH3 is 2. The van der Waals surface area contributed by atoms with E-state index < -0.39 is 12.1 Å². The van der Waals surface area contributed by atoms with Gasteiger partial charge in [-0.25, -0.2) is 9.59 Å². The lowest BCUT2D eigenvalue weighted by molar-refractivity contribution is 0.0597. The van der Waals surface area contributed by atoms with Crippen molar-refractivity contribution in [1.82, 2.24) is 5.32 Å². The molecule has 1 aliphatic heterocycles. The Bertz CT molecular complexity index is 958. The fraction of sp³-hybridized carbons (Fsp3) is 0.417. The van der Waals surface area contributed by atoms with Crippen LogP contribution in [0.25, 0.3) is 0 Å². The average Bonchev–Trinajstić information content (AvgIpc) is 3.64. The van der Waals surface area contributed by atoms with Crippen LogP contribution in [0.2, 0.25) is 0 Å². The second-order valence-electron chi connectivity index (χ2n) is 8.18. The first kappa shape index (κ1) is 21.0. The number of amides is 1. The summed E-state index contributed by atoms with van der Waals surface area (Å²) in [5.41, 5.74) is 2.92. The maximum Gasteiger partial charge on any atom is 0.407 e. The number of benzene rings is 2. The molecule has 2 N–H and O–H groups in total. The second-order valence-corrected chi connectivity index (χ2v) is 8.18. The minimum Gasteiger partial charge on any atom is -0.496 e. The smallest absolute Gasteiger partial charge is 0.407 e. The Morgan fingerprint density at radius 1 is 1.13 bits per heavy atom. The topological polar surface area (TPSA) is 85.9 Å². The van der Waals surface area contributed by atoms with E-state index in [-0.39, 0.29) is 24.6 Å². The van der Waals surface area contributed by atoms with Crippen molar-refractivity contribution >= 4 is 17.7 Å². The van der Waals surface area contributed by atoms with E-state index in [9.17, 15) is 9.59 Å². The van der Waals surface area contributed by atoms with Crippen LogP contribution in [-0.4, -0.2) is 32.3 Å². The van der Waals surface area contributed by atoms with E-state index >= 15 is 0 Å². The Morgan fingerprint density at radius 3 is 2.52 bits per heavy atom. The van der Waals surface area contributed by atoms with E-state index in [1.807, 2.05) is 36.4 Å². The van der Waals surface area contributed by atoms with Crippen LogP contribution in [0.15, 0.2) is 42.5 Å². The molecule has 0 radical (unpaired) electrons. The Morgan fingerprint density at radius 2 is 1.87 bits per heavy atom. The zero-order valence-electron chi connectivity index (χ0n) is 18.0. The number of fused-ring (bicyclic) bond motifs is 1. The Labute approximate surface area is 182 Å². The highest BCUT2D eigenvalue weighted by Gasteiger charge is 2.43. The molecule has 1 amide bonds. The quantitative estimate of drug-likeness (QED) is 0.673. The molecule has 7 nitrogen and oxygen atoms in total. The summed E-state index contributed by atoms with van der Waals surface area (Å²) in [6, 6.07) is 13.0. The summed E-state index contributed by atoms with van der Waals surface area (Å²) in [5.74, 6) is 0.636. The van der Waals surface area contributed by atoms with Gasteiger partial charge in [0.25, 0.3) is 0 Å². The fourth-order valence-corrected chi connectivity index (χ4v) is 4.32. The standard InChI is InChI=1S/C24H28N2O5/c1-14-21(16-9-10-16)25-19-12-20(29-2)18(23(27)30-3)11-17(19)22(14)26-24(28)31-13-15-7-5-4-6-8-15/h4-8,11-12,14,16,21-22,25H,9-10,13H2,1-3H3,(H,26,28)/t14-,21+,22+/m0/s1. The van der Waals surface area contributed by atoms with Crippen molar-refractivity contribution in [2.24, 2.45) is 11.8 Å². The molecule has 2 aromatic carbocycles. The fourth-order valence-electron chi connectivity index (χ4n) is 4.32. The summed E-state index contributed by atoms with van der Waals surface area (Å²) in [5, 5.41) is 6.64. The number of anilines is 1. The number of carbonyl (C=O) groups is 2. The first-order valence-corrected chi connectivity index (χ1v) is 10.6. The van der Waals surface area contributed by atoms with Crippen LogP contribution in [0.4, 0.5) is 10.5 Å². The van der Waals surface area contributed by atoms with Gasteiger partial charge in [0.1, 0.15) is 17.9 Å². The van der Waals surface area contributed by atoms with Gasteiger partial charge in [-0.2, -0.15) is 0 Å². The second kappa shape index (κ2) is 8.88. The summed E-state index contributed by atoms with van der Waals surface area (Å²) in [6.45, 7) is 2.31. The molecule has 2 aromatic rings. The Balaban J connectivity index is 1.60. The number of esters is 1. The van der Waals surface area contributed by atoms with Gasteiger partial charge in [0.05, 0.1) is 20.3 Å². The predicted octanol–water partition coefficient (Wildman–Crippen LogP) is 4.29. The van der Waals surface area contributed by atoms with Gasteiger partial charge >= 0.3 is 12.1 Å². The van der Waals surface area contributed by atoms with Crippen molar-refractivity contribution in [3.8, 4) is 5.75 Å². The first-order chi connectivity index (χ1) is 15.0. The van der Waals surface area contributed by atoms with E-state index in [4.69, 9.17) is 14.2 Å². The molecular weight excluding hydrogens is 396 g/mol. The number of hydrogen-bond donors (Lipinski definition) is 2. The number of rotatable bonds is 6. The monoisotopic (exact) mass is 424 g/mol. The molecule has 164 valence electrons. The maximum absolute atomic E-state index is 12.7. The van der Waals surface area contributed by atoms with Gasteiger partial charge in [-0.3, -0.25) is 0 Å². The normalized spacial score (nSPS) is 22.0. The summed E-state index contributed by atoms with van der Waals surface area (Å²) >= 11 is 0. The van der Waals surface area contributed by atoms with Crippen molar-refractivity contribution in [2.75, 3.05) is 19.5 Å². The third kappa shape index (κ3) is 4.45. The van der Waals surface area contributed by atoms with Crippen molar-refractivity contribution in [1.29, 1.82) is 0 Å². The third-order valence-electron chi connectivity index (χ3n) is 6.14. The van der Waals surface area contributed by atoms with E-state index in [0.29, 0.717) is 17.2 Å². The van der Waals surface area contributed by atoms with Crippen LogP contribution in [-0.2, 0) is 16.1 Å². The zero-order valence-corrected chi connectivity index (χ0v) is 18.0. The molecule has 4 rings (SSSR count). The molecule has 7 heteroatoms. The van der Waals surface area contributed by atoms with Crippen LogP contribution in [0.5, 0.6) is 5.75 Å². The van der Waals surface area contributed by atoms with Gasteiger partial charge in [-0.15, -0.1) is 0 Å². The average molecular weight is 424 g/mol. The lowest BCUT2D eigenvalue weighted by atomic mass is 9.81. The lowest BCUT2D eigenvalue weighted by Gasteiger charge is -2.39. The summed E-state index contributed by atoms with van der Waals surface area (Å²) < 4.78 is 15.8. The molecule has 3 atom stereocenters. The summed E-state index contributed by atoms with van der Waals surface area (Å²) in [6.07, 6.45) is 1.85. The zero-order chi connectivity index (χ0) is 22.0. The highest BCUT2D eigenvalue weighted by Crippen LogP contribution is 2.47. The van der Waals surface area contributed by atoms with Gasteiger partial charge in [-0.05, 0) is 36.0 Å². The minimum absolute atomic E-state index is 0.114. The molecule has 0 bridgehead atoms. The highest BCUT2D eigenvalue weighted by atomic mass is 16.5. The molecule has 1 saturated carbocycles. The van der Waals surface area contributed by atoms with Crippen LogP contribution in [0.1, 0.15) is 47.3 Å². The van der Waals surface area contributed by atoms with Gasteiger partial charge < -0.3 is 24.8 Å². The largest absolute Gasteiger partial charge is 0.496 e. The summed E-state index contributed by atoms with van der Waals surface area (Å²) in [4.78, 5) is 25.0.